The van der Waals surface area contributed by atoms with Gasteiger partial charge in [0.05, 0.1) is 4.53 Å². The first kappa shape index (κ1) is 22.7. The van der Waals surface area contributed by atoms with E-state index in [1.165, 1.54) is 34.4 Å². The zero-order chi connectivity index (χ0) is 24.4. The van der Waals surface area contributed by atoms with Crippen molar-refractivity contribution >= 4 is 22.4 Å². The van der Waals surface area contributed by atoms with Crippen LogP contribution in [-0.2, 0) is 17.3 Å². The highest BCUT2D eigenvalue weighted by molar-refractivity contribution is 7.15. The summed E-state index contributed by atoms with van der Waals surface area (Å²) in [4.78, 5) is 14.3. The van der Waals surface area contributed by atoms with Crippen LogP contribution in [0, 0.1) is 5.92 Å². The molecule has 2 aromatic carbocycles. The molecule has 2 heterocycles. The number of aryl methyl sites for hydroxylation is 1. The SMILES string of the molecule is CC(C)c1ccc2c(c1)CC[C@H]1[C@](C)(c3nnc4s/c(=C\c5ccccc5)c(=O)n34)CCC[C@]21C. The molecular weight excluding hydrogens is 450 g/mol. The highest BCUT2D eigenvalue weighted by atomic mass is 32.1. The van der Waals surface area contributed by atoms with Crippen LogP contribution in [0.1, 0.15) is 87.4 Å². The van der Waals surface area contributed by atoms with Crippen LogP contribution in [0.5, 0.6) is 0 Å². The van der Waals surface area contributed by atoms with E-state index in [9.17, 15) is 4.79 Å². The maximum atomic E-state index is 13.6. The van der Waals surface area contributed by atoms with Gasteiger partial charge in [0.25, 0.3) is 5.56 Å². The van der Waals surface area contributed by atoms with Gasteiger partial charge in [-0.05, 0) is 71.3 Å². The summed E-state index contributed by atoms with van der Waals surface area (Å²) in [5, 5.41) is 9.19. The van der Waals surface area contributed by atoms with Gasteiger partial charge in [-0.15, -0.1) is 10.2 Å². The fraction of sp³-hybridized carbons (Fsp3) is 0.433. The molecule has 5 heteroatoms. The normalized spacial score (nSPS) is 26.8. The van der Waals surface area contributed by atoms with E-state index < -0.39 is 0 Å². The van der Waals surface area contributed by atoms with Gasteiger partial charge in [-0.3, -0.25) is 4.79 Å². The Bertz CT molecular complexity index is 1520. The van der Waals surface area contributed by atoms with Gasteiger partial charge in [0.1, 0.15) is 5.82 Å². The van der Waals surface area contributed by atoms with Gasteiger partial charge in [0.2, 0.25) is 4.96 Å². The molecule has 3 atom stereocenters. The lowest BCUT2D eigenvalue weighted by Crippen LogP contribution is -2.52. The molecule has 35 heavy (non-hydrogen) atoms. The average molecular weight is 484 g/mol. The van der Waals surface area contributed by atoms with Crippen LogP contribution in [-0.4, -0.2) is 14.6 Å². The molecule has 4 nitrogen and oxygen atoms in total. The minimum atomic E-state index is -0.189. The van der Waals surface area contributed by atoms with E-state index in [4.69, 9.17) is 0 Å². The molecule has 0 unspecified atom stereocenters. The van der Waals surface area contributed by atoms with Gasteiger partial charge in [-0.2, -0.15) is 0 Å². The van der Waals surface area contributed by atoms with Crippen molar-refractivity contribution in [1.29, 1.82) is 0 Å². The van der Waals surface area contributed by atoms with Crippen molar-refractivity contribution in [1.82, 2.24) is 14.6 Å². The molecule has 2 aromatic heterocycles. The zero-order valence-corrected chi connectivity index (χ0v) is 21.9. The summed E-state index contributed by atoms with van der Waals surface area (Å²) < 4.78 is 2.54. The Labute approximate surface area is 210 Å². The van der Waals surface area contributed by atoms with Gasteiger partial charge in [0, 0.05) is 5.41 Å². The molecule has 6 rings (SSSR count). The van der Waals surface area contributed by atoms with Crippen LogP contribution in [0.3, 0.4) is 0 Å². The Morgan fingerprint density at radius 1 is 1.06 bits per heavy atom. The number of benzene rings is 2. The number of rotatable bonds is 3. The molecule has 0 N–H and O–H groups in total. The van der Waals surface area contributed by atoms with E-state index in [0.29, 0.717) is 16.8 Å². The lowest BCUT2D eigenvalue weighted by atomic mass is 9.49. The van der Waals surface area contributed by atoms with Gasteiger partial charge in [-0.1, -0.05) is 94.0 Å². The summed E-state index contributed by atoms with van der Waals surface area (Å²) in [5.74, 6) is 1.83. The van der Waals surface area contributed by atoms with Gasteiger partial charge < -0.3 is 0 Å². The number of hydrogen-bond donors (Lipinski definition) is 0. The molecule has 4 aromatic rings. The second-order valence-electron chi connectivity index (χ2n) is 11.3. The van der Waals surface area contributed by atoms with E-state index in [1.54, 1.807) is 0 Å². The van der Waals surface area contributed by atoms with Crippen LogP contribution >= 0.6 is 11.3 Å². The molecule has 0 bridgehead atoms. The Balaban J connectivity index is 1.47. The summed E-state index contributed by atoms with van der Waals surface area (Å²) in [6.07, 6.45) is 7.55. The van der Waals surface area contributed by atoms with Crippen LogP contribution in [0.15, 0.2) is 53.3 Å². The van der Waals surface area contributed by atoms with Crippen molar-refractivity contribution < 1.29 is 0 Å². The van der Waals surface area contributed by atoms with E-state index in [-0.39, 0.29) is 16.4 Å². The lowest BCUT2D eigenvalue weighted by molar-refractivity contribution is 0.0784. The molecule has 180 valence electrons. The van der Waals surface area contributed by atoms with Gasteiger partial charge >= 0.3 is 0 Å². The Morgan fingerprint density at radius 2 is 1.83 bits per heavy atom. The molecule has 2 aliphatic rings. The van der Waals surface area contributed by atoms with Crippen LogP contribution < -0.4 is 10.1 Å². The minimum Gasteiger partial charge on any atom is -0.267 e. The number of fused-ring (bicyclic) bond motifs is 4. The third-order valence-electron chi connectivity index (χ3n) is 8.90. The summed E-state index contributed by atoms with van der Waals surface area (Å²) in [6, 6.07) is 17.2. The first-order valence-corrected chi connectivity index (χ1v) is 13.7. The Morgan fingerprint density at radius 3 is 2.60 bits per heavy atom. The summed E-state index contributed by atoms with van der Waals surface area (Å²) in [7, 11) is 0. The molecule has 0 spiro atoms. The maximum Gasteiger partial charge on any atom is 0.275 e. The van der Waals surface area contributed by atoms with Gasteiger partial charge in [0.15, 0.2) is 0 Å². The lowest BCUT2D eigenvalue weighted by Gasteiger charge is -2.54. The highest BCUT2D eigenvalue weighted by Crippen LogP contribution is 2.57. The van der Waals surface area contributed by atoms with E-state index in [2.05, 4.69) is 56.1 Å². The Hall–Kier alpha value is -2.79. The number of hydrogen-bond acceptors (Lipinski definition) is 4. The second kappa shape index (κ2) is 8.12. The summed E-state index contributed by atoms with van der Waals surface area (Å²) in [6.45, 7) is 9.35. The van der Waals surface area contributed by atoms with Crippen molar-refractivity contribution in [3.05, 3.63) is 91.5 Å². The van der Waals surface area contributed by atoms with E-state index in [1.807, 2.05) is 40.8 Å². The zero-order valence-electron chi connectivity index (χ0n) is 21.0. The predicted octanol–water partition coefficient (Wildman–Crippen LogP) is 5.78. The van der Waals surface area contributed by atoms with Crippen molar-refractivity contribution in [3.8, 4) is 0 Å². The first-order chi connectivity index (χ1) is 16.8. The number of thiazole rings is 1. The fourth-order valence-electron chi connectivity index (χ4n) is 7.07. The molecule has 0 radical (unpaired) electrons. The molecular formula is C30H33N3OS. The summed E-state index contributed by atoms with van der Waals surface area (Å²) >= 11 is 1.44. The monoisotopic (exact) mass is 483 g/mol. The van der Waals surface area contributed by atoms with Crippen molar-refractivity contribution in [2.24, 2.45) is 5.92 Å². The van der Waals surface area contributed by atoms with Crippen LogP contribution in [0.4, 0.5) is 0 Å². The third-order valence-corrected chi connectivity index (χ3v) is 9.86. The van der Waals surface area contributed by atoms with Crippen LogP contribution in [0.2, 0.25) is 0 Å². The molecule has 2 aliphatic carbocycles. The standard InChI is InChI=1S/C30H33N3OS/c1-19(2)21-11-13-23-22(18-21)12-14-25-29(23,3)15-8-16-30(25,4)27-31-32-28-33(27)26(34)24(35-28)17-20-9-6-5-7-10-20/h5-7,9-11,13,17-19,25H,8,12,14-16H2,1-4H3/b24-17-/t25-,29-,30-/m1/s1. The molecule has 0 amide bonds. The van der Waals surface area contributed by atoms with E-state index >= 15 is 0 Å². The first-order valence-electron chi connectivity index (χ1n) is 12.9. The third kappa shape index (κ3) is 3.42. The molecule has 0 saturated heterocycles. The number of nitrogens with zero attached hydrogens (tertiary/aromatic N) is 3. The van der Waals surface area contributed by atoms with E-state index in [0.717, 1.165) is 41.6 Å². The van der Waals surface area contributed by atoms with Crippen LogP contribution in [0.25, 0.3) is 11.0 Å². The van der Waals surface area contributed by atoms with Gasteiger partial charge in [-0.25, -0.2) is 4.40 Å². The summed E-state index contributed by atoms with van der Waals surface area (Å²) in [5.41, 5.74) is 5.40. The van der Waals surface area contributed by atoms with Crippen molar-refractivity contribution in [3.63, 3.8) is 0 Å². The Kier molecular flexibility index (Phi) is 5.26. The fourth-order valence-corrected chi connectivity index (χ4v) is 7.98. The van der Waals surface area contributed by atoms with Crippen molar-refractivity contribution in [2.75, 3.05) is 0 Å². The predicted molar refractivity (Wildman–Crippen MR) is 143 cm³/mol. The topological polar surface area (TPSA) is 47.3 Å². The molecule has 1 fully saturated rings. The number of aromatic nitrogens is 3. The quantitative estimate of drug-likeness (QED) is 0.371. The second-order valence-corrected chi connectivity index (χ2v) is 12.3. The average Bonchev–Trinajstić information content (AvgIpc) is 3.40. The minimum absolute atomic E-state index is 0.0140. The smallest absolute Gasteiger partial charge is 0.267 e. The maximum absolute atomic E-state index is 13.6. The van der Waals surface area contributed by atoms with Crippen molar-refractivity contribution in [2.45, 2.75) is 76.5 Å². The molecule has 1 saturated carbocycles. The largest absolute Gasteiger partial charge is 0.275 e. The highest BCUT2D eigenvalue weighted by Gasteiger charge is 2.54. The molecule has 0 aliphatic heterocycles.